The number of hydrogen-bond acceptors (Lipinski definition) is 6. The minimum atomic E-state index is -4.85. The van der Waals surface area contributed by atoms with Gasteiger partial charge in [-0.25, -0.2) is 9.78 Å². The molecule has 0 aliphatic carbocycles. The van der Waals surface area contributed by atoms with E-state index < -0.39 is 43.2 Å². The van der Waals surface area contributed by atoms with Gasteiger partial charge in [-0.15, -0.1) is 13.2 Å². The van der Waals surface area contributed by atoms with Crippen LogP contribution in [0.5, 0.6) is 11.5 Å². The van der Waals surface area contributed by atoms with Gasteiger partial charge < -0.3 is 24.8 Å². The van der Waals surface area contributed by atoms with E-state index in [9.17, 15) is 31.5 Å². The molecule has 1 unspecified atom stereocenters. The SMILES string of the molecule is CCOCC(NC(=O)N1CC(=O)Nc2cc(OC(F)F)cnc21)c1ccc(OC(F)(F)F)cc1. The van der Waals surface area contributed by atoms with E-state index in [1.165, 1.54) is 12.1 Å². The highest BCUT2D eigenvalue weighted by Gasteiger charge is 2.32. The van der Waals surface area contributed by atoms with E-state index in [0.29, 0.717) is 12.2 Å². The standard InChI is InChI=1S/C20H19F5N4O5/c1-2-32-10-15(11-3-5-12(6-4-11)34-20(23,24)25)28-19(31)29-9-16(30)27-14-7-13(33-18(21)22)8-26-17(14)29/h3-8,15,18H,2,9-10H2,1H3,(H,27,30)(H,28,31). The van der Waals surface area contributed by atoms with Crippen molar-refractivity contribution in [2.45, 2.75) is 25.9 Å². The number of anilines is 2. The molecule has 184 valence electrons. The highest BCUT2D eigenvalue weighted by molar-refractivity contribution is 6.08. The topological polar surface area (TPSA) is 102 Å². The van der Waals surface area contributed by atoms with Crippen molar-refractivity contribution in [1.29, 1.82) is 0 Å². The summed E-state index contributed by atoms with van der Waals surface area (Å²) >= 11 is 0. The molecule has 3 rings (SSSR count). The van der Waals surface area contributed by atoms with Crippen LogP contribution in [0.3, 0.4) is 0 Å². The summed E-state index contributed by atoms with van der Waals surface area (Å²) in [7, 11) is 0. The van der Waals surface area contributed by atoms with E-state index in [2.05, 4.69) is 25.1 Å². The second kappa shape index (κ2) is 10.5. The zero-order valence-corrected chi connectivity index (χ0v) is 17.6. The summed E-state index contributed by atoms with van der Waals surface area (Å²) in [6.45, 7) is -1.53. The number of amides is 3. The van der Waals surface area contributed by atoms with Crippen LogP contribution in [0.4, 0.5) is 38.3 Å². The molecule has 3 amide bonds. The second-order valence-electron chi connectivity index (χ2n) is 6.83. The zero-order chi connectivity index (χ0) is 24.9. The summed E-state index contributed by atoms with van der Waals surface area (Å²) in [4.78, 5) is 30.0. The number of rotatable bonds is 8. The highest BCUT2D eigenvalue weighted by Crippen LogP contribution is 2.31. The second-order valence-corrected chi connectivity index (χ2v) is 6.83. The van der Waals surface area contributed by atoms with Crippen LogP contribution in [0.2, 0.25) is 0 Å². The summed E-state index contributed by atoms with van der Waals surface area (Å²) in [5.74, 6) is -1.37. The molecule has 0 spiro atoms. The van der Waals surface area contributed by atoms with Crippen molar-refractivity contribution in [2.24, 2.45) is 0 Å². The Kier molecular flexibility index (Phi) is 7.71. The maximum absolute atomic E-state index is 13.0. The predicted molar refractivity (Wildman–Crippen MR) is 108 cm³/mol. The van der Waals surface area contributed by atoms with Crippen molar-refractivity contribution in [1.82, 2.24) is 10.3 Å². The molecule has 1 aliphatic heterocycles. The molecule has 1 aromatic heterocycles. The maximum atomic E-state index is 13.0. The zero-order valence-electron chi connectivity index (χ0n) is 17.6. The fourth-order valence-electron chi connectivity index (χ4n) is 3.07. The average molecular weight is 490 g/mol. The first-order valence-corrected chi connectivity index (χ1v) is 9.82. The molecule has 2 N–H and O–H groups in total. The van der Waals surface area contributed by atoms with Crippen LogP contribution < -0.4 is 25.0 Å². The number of alkyl halides is 5. The fourth-order valence-corrected chi connectivity index (χ4v) is 3.07. The molecule has 0 radical (unpaired) electrons. The van der Waals surface area contributed by atoms with Gasteiger partial charge in [0.1, 0.15) is 18.0 Å². The monoisotopic (exact) mass is 490 g/mol. The van der Waals surface area contributed by atoms with Crippen molar-refractivity contribution in [3.05, 3.63) is 42.1 Å². The van der Waals surface area contributed by atoms with Crippen LogP contribution in [0.25, 0.3) is 0 Å². The largest absolute Gasteiger partial charge is 0.573 e. The molecular weight excluding hydrogens is 471 g/mol. The Morgan fingerprint density at radius 2 is 1.94 bits per heavy atom. The van der Waals surface area contributed by atoms with Gasteiger partial charge in [0, 0.05) is 12.7 Å². The number of benzene rings is 1. The number of hydrogen-bond donors (Lipinski definition) is 2. The van der Waals surface area contributed by atoms with E-state index in [1.807, 2.05) is 0 Å². The summed E-state index contributed by atoms with van der Waals surface area (Å²) in [6, 6.07) is 4.35. The summed E-state index contributed by atoms with van der Waals surface area (Å²) in [6.07, 6.45) is -3.88. The molecule has 9 nitrogen and oxygen atoms in total. The van der Waals surface area contributed by atoms with Crippen LogP contribution in [-0.4, -0.2) is 49.7 Å². The van der Waals surface area contributed by atoms with Gasteiger partial charge in [-0.1, -0.05) is 12.1 Å². The Balaban J connectivity index is 1.80. The van der Waals surface area contributed by atoms with Crippen LogP contribution in [-0.2, 0) is 9.53 Å². The number of nitrogens with one attached hydrogen (secondary N) is 2. The Hall–Kier alpha value is -3.68. The number of carbonyl (C=O) groups excluding carboxylic acids is 2. The van der Waals surface area contributed by atoms with Gasteiger partial charge in [0.2, 0.25) is 5.91 Å². The third-order valence-electron chi connectivity index (χ3n) is 4.45. The van der Waals surface area contributed by atoms with E-state index in [4.69, 9.17) is 4.74 Å². The molecule has 0 saturated heterocycles. The molecule has 1 atom stereocenters. The Bertz CT molecular complexity index is 1020. The van der Waals surface area contributed by atoms with Crippen LogP contribution in [0, 0.1) is 0 Å². The molecule has 0 bridgehead atoms. The molecule has 14 heteroatoms. The maximum Gasteiger partial charge on any atom is 0.573 e. The number of nitrogens with zero attached hydrogens (tertiary/aromatic N) is 2. The molecule has 0 fully saturated rings. The van der Waals surface area contributed by atoms with E-state index in [0.717, 1.165) is 29.3 Å². The molecule has 1 aromatic carbocycles. The number of urea groups is 1. The third-order valence-corrected chi connectivity index (χ3v) is 4.45. The first-order valence-electron chi connectivity index (χ1n) is 9.82. The molecule has 2 aromatic rings. The van der Waals surface area contributed by atoms with Crippen molar-refractivity contribution in [3.63, 3.8) is 0 Å². The number of carbonyl (C=O) groups is 2. The number of pyridine rings is 1. The molecule has 34 heavy (non-hydrogen) atoms. The third kappa shape index (κ3) is 6.66. The minimum Gasteiger partial charge on any atom is -0.433 e. The van der Waals surface area contributed by atoms with Crippen LogP contribution in [0.15, 0.2) is 36.5 Å². The lowest BCUT2D eigenvalue weighted by Gasteiger charge is -2.30. The number of fused-ring (bicyclic) bond motifs is 1. The van der Waals surface area contributed by atoms with Gasteiger partial charge in [0.05, 0.1) is 24.5 Å². The first-order chi connectivity index (χ1) is 16.1. The lowest BCUT2D eigenvalue weighted by Crippen LogP contribution is -2.49. The molecular formula is C20H19F5N4O5. The van der Waals surface area contributed by atoms with Gasteiger partial charge in [0.25, 0.3) is 0 Å². The number of ether oxygens (including phenoxy) is 3. The smallest absolute Gasteiger partial charge is 0.433 e. The number of aromatic nitrogens is 1. The Labute approximate surface area is 189 Å². The van der Waals surface area contributed by atoms with E-state index >= 15 is 0 Å². The highest BCUT2D eigenvalue weighted by atomic mass is 19.4. The molecule has 0 saturated carbocycles. The van der Waals surface area contributed by atoms with Gasteiger partial charge in [-0.05, 0) is 24.6 Å². The average Bonchev–Trinajstić information content (AvgIpc) is 2.74. The van der Waals surface area contributed by atoms with Crippen molar-refractivity contribution < 1.29 is 45.8 Å². The van der Waals surface area contributed by atoms with Crippen molar-refractivity contribution >= 4 is 23.4 Å². The number of halogens is 5. The van der Waals surface area contributed by atoms with E-state index in [-0.39, 0.29) is 23.9 Å². The van der Waals surface area contributed by atoms with Crippen molar-refractivity contribution in [2.75, 3.05) is 30.0 Å². The normalized spacial score (nSPS) is 14.3. The summed E-state index contributed by atoms with van der Waals surface area (Å²) < 4.78 is 75.6. The quantitative estimate of drug-likeness (QED) is 0.546. The minimum absolute atomic E-state index is 0.0113. The Morgan fingerprint density at radius 1 is 1.24 bits per heavy atom. The summed E-state index contributed by atoms with van der Waals surface area (Å²) in [5, 5.41) is 5.07. The van der Waals surface area contributed by atoms with Crippen LogP contribution >= 0.6 is 0 Å². The van der Waals surface area contributed by atoms with Crippen molar-refractivity contribution in [3.8, 4) is 11.5 Å². The lowest BCUT2D eigenvalue weighted by atomic mass is 10.1. The van der Waals surface area contributed by atoms with Gasteiger partial charge in [-0.2, -0.15) is 8.78 Å². The molecule has 2 heterocycles. The molecule has 1 aliphatic rings. The first kappa shape index (κ1) is 25.0. The fraction of sp³-hybridized carbons (Fsp3) is 0.350. The van der Waals surface area contributed by atoms with Gasteiger partial charge in [0.15, 0.2) is 5.82 Å². The summed E-state index contributed by atoms with van der Waals surface area (Å²) in [5.41, 5.74) is 0.395. The predicted octanol–water partition coefficient (Wildman–Crippen LogP) is 3.83. The van der Waals surface area contributed by atoms with Gasteiger partial charge in [-0.3, -0.25) is 9.69 Å². The Morgan fingerprint density at radius 3 is 2.56 bits per heavy atom. The van der Waals surface area contributed by atoms with E-state index in [1.54, 1.807) is 6.92 Å². The lowest BCUT2D eigenvalue weighted by molar-refractivity contribution is -0.274. The van der Waals surface area contributed by atoms with Gasteiger partial charge >= 0.3 is 19.0 Å². The van der Waals surface area contributed by atoms with Crippen LogP contribution in [0.1, 0.15) is 18.5 Å².